The molecule has 6 nitrogen and oxygen atoms in total. The number of halogens is 1. The van der Waals surface area contributed by atoms with E-state index in [1.54, 1.807) is 18.1 Å². The van der Waals surface area contributed by atoms with Crippen LogP contribution >= 0.6 is 11.6 Å². The first-order chi connectivity index (χ1) is 14.4. The topological polar surface area (TPSA) is 54.3 Å². The standard InChI is InChI=1S/C23H22ClN5O/c1-27(2)18-10-12-19(13-11-18)28(3)21(30)15-29-22(16-6-8-17(24)9-7-16)26-20-5-4-14-25-23(20)29/h4-14H,15H2,1-3H3. The highest BCUT2D eigenvalue weighted by atomic mass is 35.5. The van der Waals surface area contributed by atoms with E-state index in [1.165, 1.54) is 0 Å². The highest BCUT2D eigenvalue weighted by Gasteiger charge is 2.19. The Hall–Kier alpha value is -3.38. The molecule has 0 atom stereocenters. The summed E-state index contributed by atoms with van der Waals surface area (Å²) in [4.78, 5) is 26.0. The Bertz CT molecular complexity index is 1180. The minimum absolute atomic E-state index is 0.0623. The number of nitrogens with zero attached hydrogens (tertiary/aromatic N) is 5. The SMILES string of the molecule is CN(C)c1ccc(N(C)C(=O)Cn2c(-c3ccc(Cl)cc3)nc3cccnc32)cc1. The van der Waals surface area contributed by atoms with Gasteiger partial charge in [-0.05, 0) is 60.7 Å². The zero-order chi connectivity index (χ0) is 21.3. The van der Waals surface area contributed by atoms with E-state index in [9.17, 15) is 4.79 Å². The Morgan fingerprint density at radius 2 is 1.63 bits per heavy atom. The molecule has 152 valence electrons. The van der Waals surface area contributed by atoms with Crippen molar-refractivity contribution in [3.05, 3.63) is 71.9 Å². The van der Waals surface area contributed by atoms with Gasteiger partial charge in [0.25, 0.3) is 0 Å². The second-order valence-corrected chi connectivity index (χ2v) is 7.67. The van der Waals surface area contributed by atoms with E-state index in [0.717, 1.165) is 22.5 Å². The summed E-state index contributed by atoms with van der Waals surface area (Å²) in [7, 11) is 5.75. The fourth-order valence-corrected chi connectivity index (χ4v) is 3.41. The summed E-state index contributed by atoms with van der Waals surface area (Å²) < 4.78 is 1.85. The first-order valence-corrected chi connectivity index (χ1v) is 9.93. The van der Waals surface area contributed by atoms with Gasteiger partial charge >= 0.3 is 0 Å². The lowest BCUT2D eigenvalue weighted by Crippen LogP contribution is -2.30. The summed E-state index contributed by atoms with van der Waals surface area (Å²) in [5.74, 6) is 0.623. The molecule has 2 aromatic carbocycles. The second-order valence-electron chi connectivity index (χ2n) is 7.24. The van der Waals surface area contributed by atoms with Crippen molar-refractivity contribution >= 4 is 40.0 Å². The lowest BCUT2D eigenvalue weighted by molar-refractivity contribution is -0.118. The molecular weight excluding hydrogens is 398 g/mol. The van der Waals surface area contributed by atoms with Gasteiger partial charge in [-0.2, -0.15) is 0 Å². The summed E-state index contributed by atoms with van der Waals surface area (Å²) >= 11 is 6.04. The normalized spacial score (nSPS) is 10.9. The number of hydrogen-bond donors (Lipinski definition) is 0. The van der Waals surface area contributed by atoms with E-state index in [-0.39, 0.29) is 12.5 Å². The summed E-state index contributed by atoms with van der Waals surface area (Å²) in [6, 6.07) is 19.0. The van der Waals surface area contributed by atoms with Crippen LogP contribution in [0, 0.1) is 0 Å². The molecule has 4 rings (SSSR count). The van der Waals surface area contributed by atoms with Crippen LogP contribution in [0.15, 0.2) is 66.9 Å². The van der Waals surface area contributed by atoms with Gasteiger partial charge in [-0.15, -0.1) is 0 Å². The summed E-state index contributed by atoms with van der Waals surface area (Å²) in [6.07, 6.45) is 1.71. The fourth-order valence-electron chi connectivity index (χ4n) is 3.29. The number of pyridine rings is 1. The van der Waals surface area contributed by atoms with Crippen molar-refractivity contribution in [1.82, 2.24) is 14.5 Å². The number of carbonyl (C=O) groups excluding carboxylic acids is 1. The van der Waals surface area contributed by atoms with Crippen LogP contribution in [0.1, 0.15) is 0 Å². The largest absolute Gasteiger partial charge is 0.378 e. The van der Waals surface area contributed by atoms with Crippen LogP contribution < -0.4 is 9.80 Å². The third-order valence-corrected chi connectivity index (χ3v) is 5.28. The molecule has 4 aromatic rings. The molecule has 0 spiro atoms. The number of amides is 1. The van der Waals surface area contributed by atoms with E-state index in [2.05, 4.69) is 4.98 Å². The van der Waals surface area contributed by atoms with Gasteiger partial charge < -0.3 is 9.80 Å². The Morgan fingerprint density at radius 1 is 0.967 bits per heavy atom. The zero-order valence-corrected chi connectivity index (χ0v) is 17.8. The number of rotatable bonds is 5. The van der Waals surface area contributed by atoms with Crippen LogP contribution in [0.2, 0.25) is 5.02 Å². The van der Waals surface area contributed by atoms with Gasteiger partial charge in [0.15, 0.2) is 5.65 Å². The molecule has 1 amide bonds. The predicted octanol–water partition coefficient (Wildman–Crippen LogP) is 4.48. The number of hydrogen-bond acceptors (Lipinski definition) is 4. The number of anilines is 2. The second kappa shape index (κ2) is 8.16. The average molecular weight is 420 g/mol. The van der Waals surface area contributed by atoms with Gasteiger partial charge in [0.05, 0.1) is 0 Å². The van der Waals surface area contributed by atoms with E-state index in [4.69, 9.17) is 16.6 Å². The van der Waals surface area contributed by atoms with Crippen molar-refractivity contribution < 1.29 is 4.79 Å². The van der Waals surface area contributed by atoms with Gasteiger partial charge in [0.2, 0.25) is 5.91 Å². The van der Waals surface area contributed by atoms with Crippen molar-refractivity contribution in [1.29, 1.82) is 0 Å². The molecule has 30 heavy (non-hydrogen) atoms. The summed E-state index contributed by atoms with van der Waals surface area (Å²) in [5.41, 5.74) is 4.20. The van der Waals surface area contributed by atoms with Crippen molar-refractivity contribution in [3.8, 4) is 11.4 Å². The minimum Gasteiger partial charge on any atom is -0.378 e. The number of imidazole rings is 1. The van der Waals surface area contributed by atoms with Gasteiger partial charge in [-0.1, -0.05) is 11.6 Å². The number of carbonyl (C=O) groups is 1. The van der Waals surface area contributed by atoms with E-state index in [1.807, 2.05) is 84.2 Å². The number of benzene rings is 2. The highest BCUT2D eigenvalue weighted by Crippen LogP contribution is 2.26. The molecule has 0 bridgehead atoms. The molecule has 2 heterocycles. The van der Waals surface area contributed by atoms with Gasteiger partial charge in [-0.3, -0.25) is 9.36 Å². The van der Waals surface area contributed by atoms with Crippen molar-refractivity contribution in [3.63, 3.8) is 0 Å². The van der Waals surface area contributed by atoms with Gasteiger partial charge in [0, 0.05) is 49.3 Å². The molecule has 0 fully saturated rings. The first-order valence-electron chi connectivity index (χ1n) is 9.55. The number of likely N-dealkylation sites (N-methyl/N-ethyl adjacent to an activating group) is 1. The van der Waals surface area contributed by atoms with Crippen LogP contribution in [-0.2, 0) is 11.3 Å². The lowest BCUT2D eigenvalue weighted by atomic mass is 10.2. The molecule has 0 saturated carbocycles. The quantitative estimate of drug-likeness (QED) is 0.478. The first kappa shape index (κ1) is 19.9. The van der Waals surface area contributed by atoms with Crippen LogP contribution in [0.3, 0.4) is 0 Å². The van der Waals surface area contributed by atoms with Crippen molar-refractivity contribution in [2.75, 3.05) is 30.9 Å². The summed E-state index contributed by atoms with van der Waals surface area (Å²) in [6.45, 7) is 0.122. The van der Waals surface area contributed by atoms with Crippen LogP contribution in [0.25, 0.3) is 22.6 Å². The summed E-state index contributed by atoms with van der Waals surface area (Å²) in [5, 5.41) is 0.650. The van der Waals surface area contributed by atoms with Gasteiger partial charge in [0.1, 0.15) is 17.9 Å². The van der Waals surface area contributed by atoms with Crippen molar-refractivity contribution in [2.24, 2.45) is 0 Å². The van der Waals surface area contributed by atoms with Crippen LogP contribution in [0.4, 0.5) is 11.4 Å². The lowest BCUT2D eigenvalue weighted by Gasteiger charge is -2.20. The Morgan fingerprint density at radius 3 is 2.30 bits per heavy atom. The third-order valence-electron chi connectivity index (χ3n) is 5.03. The Labute approximate surface area is 180 Å². The predicted molar refractivity (Wildman–Crippen MR) is 122 cm³/mol. The molecule has 0 unspecified atom stereocenters. The smallest absolute Gasteiger partial charge is 0.246 e. The molecule has 0 N–H and O–H groups in total. The van der Waals surface area contributed by atoms with E-state index >= 15 is 0 Å². The average Bonchev–Trinajstić information content (AvgIpc) is 3.12. The van der Waals surface area contributed by atoms with E-state index < -0.39 is 0 Å². The maximum atomic E-state index is 13.1. The number of fused-ring (bicyclic) bond motifs is 1. The molecule has 0 saturated heterocycles. The fraction of sp³-hybridized carbons (Fsp3) is 0.174. The minimum atomic E-state index is -0.0623. The molecule has 0 radical (unpaired) electrons. The maximum Gasteiger partial charge on any atom is 0.246 e. The van der Waals surface area contributed by atoms with E-state index in [0.29, 0.717) is 16.5 Å². The molecule has 0 aliphatic rings. The van der Waals surface area contributed by atoms with Crippen LogP contribution in [0.5, 0.6) is 0 Å². The van der Waals surface area contributed by atoms with Gasteiger partial charge in [-0.25, -0.2) is 9.97 Å². The molecule has 2 aromatic heterocycles. The molecule has 7 heteroatoms. The zero-order valence-electron chi connectivity index (χ0n) is 17.1. The number of aromatic nitrogens is 3. The van der Waals surface area contributed by atoms with Crippen molar-refractivity contribution in [2.45, 2.75) is 6.54 Å². The Kier molecular flexibility index (Phi) is 5.42. The van der Waals surface area contributed by atoms with Crippen LogP contribution in [-0.4, -0.2) is 41.6 Å². The Balaban J connectivity index is 1.67. The third kappa shape index (κ3) is 3.86. The molecular formula is C23H22ClN5O. The maximum absolute atomic E-state index is 13.1. The highest BCUT2D eigenvalue weighted by molar-refractivity contribution is 6.30. The monoisotopic (exact) mass is 419 g/mol. The molecule has 0 aliphatic carbocycles. The molecule has 0 aliphatic heterocycles.